The smallest absolute Gasteiger partial charge is 0.272 e. The van der Waals surface area contributed by atoms with Crippen LogP contribution in [0.5, 0.6) is 0 Å². The molecule has 0 spiro atoms. The summed E-state index contributed by atoms with van der Waals surface area (Å²) in [6.07, 6.45) is 1.60. The fourth-order valence-corrected chi connectivity index (χ4v) is 1.79. The zero-order chi connectivity index (χ0) is 14.0. The zero-order valence-corrected chi connectivity index (χ0v) is 11.8. The van der Waals surface area contributed by atoms with Crippen LogP contribution in [0.2, 0.25) is 0 Å². The van der Waals surface area contributed by atoms with Crippen LogP contribution in [0.25, 0.3) is 11.5 Å². The highest BCUT2D eigenvalue weighted by Gasteiger charge is 2.21. The van der Waals surface area contributed by atoms with Crippen molar-refractivity contribution < 1.29 is 9.21 Å². The zero-order valence-electron chi connectivity index (χ0n) is 11.8. The average molecular weight is 261 g/mol. The van der Waals surface area contributed by atoms with Crippen molar-refractivity contribution in [3.63, 3.8) is 0 Å². The molecule has 2 aromatic heterocycles. The summed E-state index contributed by atoms with van der Waals surface area (Å²) >= 11 is 0. The van der Waals surface area contributed by atoms with Gasteiger partial charge in [0.05, 0.1) is 6.26 Å². The molecule has 0 bridgehead atoms. The number of carbonyl (C=O) groups excluding carboxylic acids is 1. The summed E-state index contributed by atoms with van der Waals surface area (Å²) in [4.78, 5) is 14.1. The van der Waals surface area contributed by atoms with E-state index in [1.165, 1.54) is 0 Å². The SMILES string of the molecule is CCn1nc(-c2ccco2)cc1C(=O)N(C)C(C)C. The van der Waals surface area contributed by atoms with E-state index in [-0.39, 0.29) is 11.9 Å². The van der Waals surface area contributed by atoms with Crippen LogP contribution in [0, 0.1) is 0 Å². The second-order valence-corrected chi connectivity index (χ2v) is 4.72. The van der Waals surface area contributed by atoms with Gasteiger partial charge < -0.3 is 9.32 Å². The van der Waals surface area contributed by atoms with Crippen LogP contribution < -0.4 is 0 Å². The Hall–Kier alpha value is -2.04. The molecule has 19 heavy (non-hydrogen) atoms. The number of aromatic nitrogens is 2. The molecule has 102 valence electrons. The number of hydrogen-bond acceptors (Lipinski definition) is 3. The normalized spacial score (nSPS) is 11.0. The Bertz CT molecular complexity index is 555. The molecule has 0 aliphatic rings. The third-order valence-corrected chi connectivity index (χ3v) is 3.17. The lowest BCUT2D eigenvalue weighted by atomic mass is 10.2. The highest BCUT2D eigenvalue weighted by atomic mass is 16.3. The lowest BCUT2D eigenvalue weighted by Crippen LogP contribution is -2.34. The Kier molecular flexibility index (Phi) is 3.74. The molecule has 5 heteroatoms. The summed E-state index contributed by atoms with van der Waals surface area (Å²) in [6.45, 7) is 6.58. The van der Waals surface area contributed by atoms with E-state index >= 15 is 0 Å². The molecule has 0 atom stereocenters. The van der Waals surface area contributed by atoms with Gasteiger partial charge in [0.1, 0.15) is 11.4 Å². The highest BCUT2D eigenvalue weighted by molar-refractivity contribution is 5.93. The van der Waals surface area contributed by atoms with Crippen molar-refractivity contribution in [2.75, 3.05) is 7.05 Å². The van der Waals surface area contributed by atoms with Gasteiger partial charge in [0.15, 0.2) is 5.76 Å². The maximum atomic E-state index is 12.4. The molecule has 0 aromatic carbocycles. The topological polar surface area (TPSA) is 51.3 Å². The van der Waals surface area contributed by atoms with Gasteiger partial charge >= 0.3 is 0 Å². The van der Waals surface area contributed by atoms with Crippen LogP contribution >= 0.6 is 0 Å². The number of rotatable bonds is 4. The summed E-state index contributed by atoms with van der Waals surface area (Å²) in [5, 5.41) is 4.41. The Morgan fingerprint density at radius 2 is 2.26 bits per heavy atom. The molecule has 0 radical (unpaired) electrons. The lowest BCUT2D eigenvalue weighted by molar-refractivity contribution is 0.0742. The minimum Gasteiger partial charge on any atom is -0.463 e. The van der Waals surface area contributed by atoms with E-state index in [9.17, 15) is 4.79 Å². The predicted molar refractivity (Wildman–Crippen MR) is 72.8 cm³/mol. The van der Waals surface area contributed by atoms with Crippen molar-refractivity contribution in [1.29, 1.82) is 0 Å². The van der Waals surface area contributed by atoms with E-state index in [0.717, 1.165) is 0 Å². The lowest BCUT2D eigenvalue weighted by Gasteiger charge is -2.21. The third kappa shape index (κ3) is 2.54. The van der Waals surface area contributed by atoms with Crippen LogP contribution in [-0.2, 0) is 6.54 Å². The van der Waals surface area contributed by atoms with E-state index in [4.69, 9.17) is 4.42 Å². The van der Waals surface area contributed by atoms with Crippen LogP contribution in [0.15, 0.2) is 28.9 Å². The second kappa shape index (κ2) is 5.30. The minimum atomic E-state index is -0.0258. The van der Waals surface area contributed by atoms with Crippen molar-refractivity contribution in [2.45, 2.75) is 33.4 Å². The first kappa shape index (κ1) is 13.4. The summed E-state index contributed by atoms with van der Waals surface area (Å²) < 4.78 is 7.03. The molecule has 2 rings (SSSR count). The fourth-order valence-electron chi connectivity index (χ4n) is 1.79. The van der Waals surface area contributed by atoms with Gasteiger partial charge in [-0.1, -0.05) is 0 Å². The first-order valence-electron chi connectivity index (χ1n) is 6.43. The fraction of sp³-hybridized carbons (Fsp3) is 0.429. The highest BCUT2D eigenvalue weighted by Crippen LogP contribution is 2.20. The average Bonchev–Trinajstić information content (AvgIpc) is 3.04. The van der Waals surface area contributed by atoms with Crippen molar-refractivity contribution in [3.8, 4) is 11.5 Å². The number of hydrogen-bond donors (Lipinski definition) is 0. The predicted octanol–water partition coefficient (Wildman–Crippen LogP) is 2.64. The quantitative estimate of drug-likeness (QED) is 0.850. The molecule has 2 aromatic rings. The maximum Gasteiger partial charge on any atom is 0.272 e. The molecule has 0 saturated carbocycles. The molecular formula is C14H19N3O2. The minimum absolute atomic E-state index is 0.0258. The molecule has 0 unspecified atom stereocenters. The summed E-state index contributed by atoms with van der Waals surface area (Å²) in [6, 6.07) is 5.58. The standard InChI is InChI=1S/C14H19N3O2/c1-5-17-12(14(18)16(4)10(2)3)9-11(15-17)13-7-6-8-19-13/h6-10H,5H2,1-4H3. The number of amides is 1. The largest absolute Gasteiger partial charge is 0.463 e. The van der Waals surface area contributed by atoms with Gasteiger partial charge in [-0.15, -0.1) is 0 Å². The van der Waals surface area contributed by atoms with Crippen LogP contribution in [0.3, 0.4) is 0 Å². The molecule has 1 amide bonds. The van der Waals surface area contributed by atoms with E-state index in [0.29, 0.717) is 23.7 Å². The van der Waals surface area contributed by atoms with E-state index in [1.54, 1.807) is 29.0 Å². The Labute approximate surface area is 112 Å². The summed E-state index contributed by atoms with van der Waals surface area (Å²) in [5.41, 5.74) is 1.28. The molecule has 2 heterocycles. The van der Waals surface area contributed by atoms with Gasteiger partial charge in [-0.2, -0.15) is 5.10 Å². The molecule has 0 saturated heterocycles. The van der Waals surface area contributed by atoms with Gasteiger partial charge in [0, 0.05) is 25.7 Å². The number of carbonyl (C=O) groups is 1. The van der Waals surface area contributed by atoms with Crippen molar-refractivity contribution in [2.24, 2.45) is 0 Å². The molecule has 0 aliphatic carbocycles. The van der Waals surface area contributed by atoms with Gasteiger partial charge in [-0.3, -0.25) is 9.48 Å². The van der Waals surface area contributed by atoms with Gasteiger partial charge in [-0.05, 0) is 32.9 Å². The van der Waals surface area contributed by atoms with Gasteiger partial charge in [0.25, 0.3) is 5.91 Å². The first-order valence-corrected chi connectivity index (χ1v) is 6.43. The number of furan rings is 1. The Morgan fingerprint density at radius 3 is 2.79 bits per heavy atom. The Morgan fingerprint density at radius 1 is 1.53 bits per heavy atom. The van der Waals surface area contributed by atoms with Crippen LogP contribution in [-0.4, -0.2) is 33.7 Å². The number of nitrogens with zero attached hydrogens (tertiary/aromatic N) is 3. The summed E-state index contributed by atoms with van der Waals surface area (Å²) in [7, 11) is 1.80. The van der Waals surface area contributed by atoms with E-state index in [1.807, 2.05) is 32.9 Å². The van der Waals surface area contributed by atoms with Crippen LogP contribution in [0.4, 0.5) is 0 Å². The monoisotopic (exact) mass is 261 g/mol. The maximum absolute atomic E-state index is 12.4. The van der Waals surface area contributed by atoms with E-state index < -0.39 is 0 Å². The number of aryl methyl sites for hydroxylation is 1. The van der Waals surface area contributed by atoms with Crippen molar-refractivity contribution in [3.05, 3.63) is 30.2 Å². The Balaban J connectivity index is 2.38. The van der Waals surface area contributed by atoms with Gasteiger partial charge in [0.2, 0.25) is 0 Å². The van der Waals surface area contributed by atoms with E-state index in [2.05, 4.69) is 5.10 Å². The molecular weight excluding hydrogens is 242 g/mol. The first-order chi connectivity index (χ1) is 9.04. The molecule has 0 fully saturated rings. The van der Waals surface area contributed by atoms with Crippen molar-refractivity contribution >= 4 is 5.91 Å². The molecule has 5 nitrogen and oxygen atoms in total. The third-order valence-electron chi connectivity index (χ3n) is 3.17. The molecule has 0 N–H and O–H groups in total. The second-order valence-electron chi connectivity index (χ2n) is 4.72. The van der Waals surface area contributed by atoms with Gasteiger partial charge in [-0.25, -0.2) is 0 Å². The summed E-state index contributed by atoms with van der Waals surface area (Å²) in [5.74, 6) is 0.649. The molecule has 0 aliphatic heterocycles. The van der Waals surface area contributed by atoms with Crippen molar-refractivity contribution in [1.82, 2.24) is 14.7 Å². The van der Waals surface area contributed by atoms with Crippen LogP contribution in [0.1, 0.15) is 31.3 Å².